The number of nitrogens with zero attached hydrogens (tertiary/aromatic N) is 3. The molecule has 0 spiro atoms. The summed E-state index contributed by atoms with van der Waals surface area (Å²) in [5.74, 6) is 1.85. The molecule has 0 atom stereocenters. The van der Waals surface area contributed by atoms with Gasteiger partial charge in [0, 0.05) is 32.6 Å². The highest BCUT2D eigenvalue weighted by molar-refractivity contribution is 5.80. The third kappa shape index (κ3) is 6.11. The molecule has 28 heavy (non-hydrogen) atoms. The molecule has 3 N–H and O–H groups in total. The summed E-state index contributed by atoms with van der Waals surface area (Å²) in [4.78, 5) is 26.3. The van der Waals surface area contributed by atoms with Gasteiger partial charge in [-0.1, -0.05) is 30.3 Å². The zero-order valence-electron chi connectivity index (χ0n) is 16.7. The Morgan fingerprint density at radius 2 is 2.11 bits per heavy atom. The Morgan fingerprint density at radius 3 is 2.82 bits per heavy atom. The van der Waals surface area contributed by atoms with Gasteiger partial charge in [-0.2, -0.15) is 0 Å². The van der Waals surface area contributed by atoms with Crippen LogP contribution < -0.4 is 10.6 Å². The molecule has 0 unspecified atom stereocenters. The van der Waals surface area contributed by atoms with Crippen LogP contribution in [0.25, 0.3) is 11.3 Å². The number of hydrogen-bond donors (Lipinski definition) is 3. The summed E-state index contributed by atoms with van der Waals surface area (Å²) < 4.78 is 0. The standard InChI is InChI=1S/C21H30N6O/c1-3-22-21(23-13-7-10-20(28)25-17-11-12-17)27(2)15-19-24-14-18(26-19)16-8-5-4-6-9-16/h4-6,8-9,14,17H,3,7,10-13,15H2,1-2H3,(H,22,23)(H,24,26)(H,25,28). The van der Waals surface area contributed by atoms with E-state index in [2.05, 4.69) is 37.7 Å². The predicted octanol–water partition coefficient (Wildman–Crippen LogP) is 2.53. The van der Waals surface area contributed by atoms with Crippen molar-refractivity contribution in [2.75, 3.05) is 20.1 Å². The number of amides is 1. The topological polar surface area (TPSA) is 85.4 Å². The Hall–Kier alpha value is -2.83. The highest BCUT2D eigenvalue weighted by atomic mass is 16.1. The number of imidazole rings is 1. The summed E-state index contributed by atoms with van der Waals surface area (Å²) in [5.41, 5.74) is 2.13. The van der Waals surface area contributed by atoms with Gasteiger partial charge in [-0.3, -0.25) is 9.79 Å². The number of aromatic nitrogens is 2. The molecule has 1 amide bonds. The van der Waals surface area contributed by atoms with Gasteiger partial charge in [-0.15, -0.1) is 0 Å². The lowest BCUT2D eigenvalue weighted by molar-refractivity contribution is -0.121. The first-order chi connectivity index (χ1) is 13.7. The first kappa shape index (κ1) is 19.9. The number of benzene rings is 1. The molecule has 1 aromatic heterocycles. The molecule has 0 saturated heterocycles. The van der Waals surface area contributed by atoms with E-state index in [0.717, 1.165) is 48.8 Å². The first-order valence-corrected chi connectivity index (χ1v) is 10.0. The maximum Gasteiger partial charge on any atom is 0.220 e. The van der Waals surface area contributed by atoms with Crippen LogP contribution in [0.5, 0.6) is 0 Å². The maximum absolute atomic E-state index is 11.8. The lowest BCUT2D eigenvalue weighted by Crippen LogP contribution is -2.38. The molecular formula is C21H30N6O. The molecule has 1 fully saturated rings. The second kappa shape index (κ2) is 9.92. The average molecular weight is 383 g/mol. The number of H-pyrrole nitrogens is 1. The van der Waals surface area contributed by atoms with E-state index in [1.807, 2.05) is 43.3 Å². The van der Waals surface area contributed by atoms with Gasteiger partial charge in [-0.05, 0) is 31.7 Å². The molecule has 1 saturated carbocycles. The summed E-state index contributed by atoms with van der Waals surface area (Å²) in [6.45, 7) is 4.09. The number of aromatic amines is 1. The summed E-state index contributed by atoms with van der Waals surface area (Å²) in [5, 5.41) is 6.32. The molecule has 0 aliphatic heterocycles. The minimum atomic E-state index is 0.139. The third-order valence-electron chi connectivity index (χ3n) is 4.56. The van der Waals surface area contributed by atoms with E-state index in [4.69, 9.17) is 0 Å². The molecular weight excluding hydrogens is 352 g/mol. The molecule has 1 heterocycles. The van der Waals surface area contributed by atoms with Crippen molar-refractivity contribution < 1.29 is 4.79 Å². The van der Waals surface area contributed by atoms with E-state index in [0.29, 0.717) is 25.6 Å². The van der Waals surface area contributed by atoms with E-state index >= 15 is 0 Å². The minimum absolute atomic E-state index is 0.139. The zero-order valence-corrected chi connectivity index (χ0v) is 16.7. The van der Waals surface area contributed by atoms with Crippen molar-refractivity contribution in [1.29, 1.82) is 0 Å². The van der Waals surface area contributed by atoms with Gasteiger partial charge >= 0.3 is 0 Å². The van der Waals surface area contributed by atoms with E-state index in [1.165, 1.54) is 0 Å². The smallest absolute Gasteiger partial charge is 0.220 e. The quantitative estimate of drug-likeness (QED) is 0.353. The molecule has 1 aliphatic rings. The van der Waals surface area contributed by atoms with Crippen LogP contribution in [-0.4, -0.2) is 52.9 Å². The van der Waals surface area contributed by atoms with Gasteiger partial charge in [-0.25, -0.2) is 4.98 Å². The highest BCUT2D eigenvalue weighted by Crippen LogP contribution is 2.18. The van der Waals surface area contributed by atoms with Crippen LogP contribution in [0.15, 0.2) is 41.5 Å². The summed E-state index contributed by atoms with van der Waals surface area (Å²) in [7, 11) is 1.99. The SMILES string of the molecule is CCNC(=NCCCC(=O)NC1CC1)N(C)Cc1ncc(-c2ccccc2)[nH]1. The number of carbonyl (C=O) groups is 1. The van der Waals surface area contributed by atoms with E-state index in [1.54, 1.807) is 0 Å². The van der Waals surface area contributed by atoms with E-state index in [-0.39, 0.29) is 5.91 Å². The van der Waals surface area contributed by atoms with E-state index in [9.17, 15) is 4.79 Å². The first-order valence-electron chi connectivity index (χ1n) is 10.0. The monoisotopic (exact) mass is 382 g/mol. The largest absolute Gasteiger partial charge is 0.357 e. The zero-order chi connectivity index (χ0) is 19.8. The predicted molar refractivity (Wildman–Crippen MR) is 112 cm³/mol. The molecule has 1 aromatic carbocycles. The number of aliphatic imine (C=N–C) groups is 1. The lowest BCUT2D eigenvalue weighted by atomic mass is 10.2. The van der Waals surface area contributed by atoms with Crippen molar-refractivity contribution >= 4 is 11.9 Å². The van der Waals surface area contributed by atoms with Crippen LogP contribution in [0.1, 0.15) is 38.4 Å². The summed E-state index contributed by atoms with van der Waals surface area (Å²) in [6, 6.07) is 10.6. The van der Waals surface area contributed by atoms with Gasteiger partial charge in [0.1, 0.15) is 5.82 Å². The second-order valence-corrected chi connectivity index (χ2v) is 7.15. The van der Waals surface area contributed by atoms with Gasteiger partial charge < -0.3 is 20.5 Å². The number of rotatable bonds is 9. The Labute approximate surface area is 166 Å². The van der Waals surface area contributed by atoms with Crippen molar-refractivity contribution in [3.8, 4) is 11.3 Å². The van der Waals surface area contributed by atoms with Crippen molar-refractivity contribution in [3.05, 3.63) is 42.4 Å². The van der Waals surface area contributed by atoms with Crippen LogP contribution in [0.3, 0.4) is 0 Å². The van der Waals surface area contributed by atoms with Crippen LogP contribution in [0.2, 0.25) is 0 Å². The fourth-order valence-electron chi connectivity index (χ4n) is 2.93. The van der Waals surface area contributed by atoms with Gasteiger partial charge in [0.2, 0.25) is 5.91 Å². The lowest BCUT2D eigenvalue weighted by Gasteiger charge is -2.21. The van der Waals surface area contributed by atoms with Gasteiger partial charge in [0.05, 0.1) is 18.4 Å². The summed E-state index contributed by atoms with van der Waals surface area (Å²) >= 11 is 0. The molecule has 1 aliphatic carbocycles. The fraction of sp³-hybridized carbons (Fsp3) is 0.476. The van der Waals surface area contributed by atoms with E-state index < -0.39 is 0 Å². The Morgan fingerprint density at radius 1 is 1.32 bits per heavy atom. The van der Waals surface area contributed by atoms with Gasteiger partial charge in [0.15, 0.2) is 5.96 Å². The normalized spacial score (nSPS) is 14.0. The molecule has 7 heteroatoms. The van der Waals surface area contributed by atoms with Crippen molar-refractivity contribution in [1.82, 2.24) is 25.5 Å². The molecule has 3 rings (SSSR count). The summed E-state index contributed by atoms with van der Waals surface area (Å²) in [6.07, 6.45) is 5.39. The van der Waals surface area contributed by atoms with Crippen LogP contribution >= 0.6 is 0 Å². The number of carbonyl (C=O) groups excluding carboxylic acids is 1. The van der Waals surface area contributed by atoms with Crippen molar-refractivity contribution in [2.24, 2.45) is 4.99 Å². The van der Waals surface area contributed by atoms with Crippen molar-refractivity contribution in [3.63, 3.8) is 0 Å². The molecule has 7 nitrogen and oxygen atoms in total. The molecule has 0 bridgehead atoms. The van der Waals surface area contributed by atoms with Crippen LogP contribution in [-0.2, 0) is 11.3 Å². The highest BCUT2D eigenvalue weighted by Gasteiger charge is 2.22. The Balaban J connectivity index is 1.51. The fourth-order valence-corrected chi connectivity index (χ4v) is 2.93. The number of nitrogens with one attached hydrogen (secondary N) is 3. The number of hydrogen-bond acceptors (Lipinski definition) is 3. The second-order valence-electron chi connectivity index (χ2n) is 7.15. The van der Waals surface area contributed by atoms with Crippen molar-refractivity contribution in [2.45, 2.75) is 45.2 Å². The number of guanidine groups is 1. The third-order valence-corrected chi connectivity index (χ3v) is 4.56. The van der Waals surface area contributed by atoms with Gasteiger partial charge in [0.25, 0.3) is 0 Å². The Bertz CT molecular complexity index is 781. The maximum atomic E-state index is 11.8. The molecule has 2 aromatic rings. The average Bonchev–Trinajstić information content (AvgIpc) is 3.39. The van der Waals surface area contributed by atoms with Crippen LogP contribution in [0, 0.1) is 0 Å². The van der Waals surface area contributed by atoms with Crippen LogP contribution in [0.4, 0.5) is 0 Å². The molecule has 150 valence electrons. The Kier molecular flexibility index (Phi) is 7.06. The molecule has 0 radical (unpaired) electrons. The minimum Gasteiger partial charge on any atom is -0.357 e.